The molecule has 0 bridgehead atoms. The highest BCUT2D eigenvalue weighted by Crippen LogP contribution is 2.16. The van der Waals surface area contributed by atoms with Gasteiger partial charge in [-0.05, 0) is 31.0 Å². The Morgan fingerprint density at radius 2 is 1.72 bits per heavy atom. The van der Waals surface area contributed by atoms with Gasteiger partial charge in [0.15, 0.2) is 0 Å². The second kappa shape index (κ2) is 5.88. The molecule has 0 radical (unpaired) electrons. The van der Waals surface area contributed by atoms with Gasteiger partial charge in [0, 0.05) is 6.04 Å². The first-order valence-electron chi connectivity index (χ1n) is 6.09. The van der Waals surface area contributed by atoms with Crippen molar-refractivity contribution in [2.24, 2.45) is 0 Å². The summed E-state index contributed by atoms with van der Waals surface area (Å²) in [6.45, 7) is 2.13. The Kier molecular flexibility index (Phi) is 3.98. The van der Waals surface area contributed by atoms with Gasteiger partial charge in [-0.3, -0.25) is 0 Å². The lowest BCUT2D eigenvalue weighted by Gasteiger charge is -2.16. The van der Waals surface area contributed by atoms with Crippen LogP contribution >= 0.6 is 0 Å². The fraction of sp³-hybridized carbons (Fsp3) is 0.188. The van der Waals surface area contributed by atoms with Gasteiger partial charge < -0.3 is 5.32 Å². The largest absolute Gasteiger partial charge is 0.381 e. The monoisotopic (exact) mass is 236 g/mol. The molecule has 1 atom stereocenters. The van der Waals surface area contributed by atoms with Crippen LogP contribution in [0.5, 0.6) is 0 Å². The first-order chi connectivity index (χ1) is 8.79. The van der Waals surface area contributed by atoms with Crippen LogP contribution < -0.4 is 5.32 Å². The van der Waals surface area contributed by atoms with Gasteiger partial charge in [-0.25, -0.2) is 0 Å². The second-order valence-electron chi connectivity index (χ2n) is 4.39. The third kappa shape index (κ3) is 3.11. The summed E-state index contributed by atoms with van der Waals surface area (Å²) in [5.41, 5.74) is 2.90. The molecule has 1 unspecified atom stereocenters. The van der Waals surface area contributed by atoms with Crippen molar-refractivity contribution in [3.8, 4) is 6.07 Å². The van der Waals surface area contributed by atoms with Gasteiger partial charge in [-0.15, -0.1) is 0 Å². The molecular formula is C16H16N2. The molecule has 0 aliphatic rings. The first-order valence-corrected chi connectivity index (χ1v) is 6.09. The number of nitrogens with one attached hydrogen (secondary N) is 1. The third-order valence-electron chi connectivity index (χ3n) is 2.83. The minimum Gasteiger partial charge on any atom is -0.381 e. The molecule has 0 fully saturated rings. The molecule has 1 N–H and O–H groups in total. The van der Waals surface area contributed by atoms with Crippen molar-refractivity contribution in [1.82, 2.24) is 0 Å². The Morgan fingerprint density at radius 1 is 1.06 bits per heavy atom. The van der Waals surface area contributed by atoms with E-state index in [1.807, 2.05) is 42.5 Å². The van der Waals surface area contributed by atoms with Crippen LogP contribution in [0.3, 0.4) is 0 Å². The Hall–Kier alpha value is -2.27. The van der Waals surface area contributed by atoms with Crippen molar-refractivity contribution in [3.05, 3.63) is 65.7 Å². The van der Waals surface area contributed by atoms with E-state index in [0.29, 0.717) is 11.6 Å². The number of nitriles is 1. The minimum absolute atomic E-state index is 0.293. The molecule has 0 aliphatic carbocycles. The van der Waals surface area contributed by atoms with E-state index in [-0.39, 0.29) is 0 Å². The van der Waals surface area contributed by atoms with Crippen molar-refractivity contribution >= 4 is 5.69 Å². The number of para-hydroxylation sites is 1. The van der Waals surface area contributed by atoms with Gasteiger partial charge in [-0.2, -0.15) is 5.26 Å². The van der Waals surface area contributed by atoms with Crippen LogP contribution in [0.2, 0.25) is 0 Å². The molecule has 2 nitrogen and oxygen atoms in total. The summed E-state index contributed by atoms with van der Waals surface area (Å²) in [6.07, 6.45) is 0.945. The van der Waals surface area contributed by atoms with Gasteiger partial charge in [0.1, 0.15) is 6.07 Å². The molecule has 0 amide bonds. The Morgan fingerprint density at radius 3 is 2.44 bits per heavy atom. The van der Waals surface area contributed by atoms with Crippen LogP contribution in [0.1, 0.15) is 18.1 Å². The molecule has 2 aromatic carbocycles. The molecule has 0 aliphatic heterocycles. The average molecular weight is 236 g/mol. The SMILES string of the molecule is CC(Cc1ccccc1)Nc1ccccc1C#N. The zero-order valence-electron chi connectivity index (χ0n) is 10.4. The number of anilines is 1. The van der Waals surface area contributed by atoms with E-state index in [9.17, 15) is 0 Å². The molecule has 90 valence electrons. The number of rotatable bonds is 4. The molecule has 0 saturated carbocycles. The van der Waals surface area contributed by atoms with Crippen molar-refractivity contribution in [2.75, 3.05) is 5.32 Å². The summed E-state index contributed by atoms with van der Waals surface area (Å²) in [7, 11) is 0. The first kappa shape index (κ1) is 12.2. The normalized spacial score (nSPS) is 11.6. The van der Waals surface area contributed by atoms with Gasteiger partial charge in [-0.1, -0.05) is 42.5 Å². The van der Waals surface area contributed by atoms with E-state index in [1.54, 1.807) is 0 Å². The molecule has 2 rings (SSSR count). The zero-order valence-corrected chi connectivity index (χ0v) is 10.4. The number of hydrogen-bond acceptors (Lipinski definition) is 2. The molecule has 0 heterocycles. The summed E-state index contributed by atoms with van der Waals surface area (Å²) >= 11 is 0. The van der Waals surface area contributed by atoms with E-state index >= 15 is 0 Å². The summed E-state index contributed by atoms with van der Waals surface area (Å²) in [4.78, 5) is 0. The van der Waals surface area contributed by atoms with Gasteiger partial charge >= 0.3 is 0 Å². The van der Waals surface area contributed by atoms with Gasteiger partial charge in [0.25, 0.3) is 0 Å². The number of nitrogens with zero attached hydrogens (tertiary/aromatic N) is 1. The predicted molar refractivity (Wildman–Crippen MR) is 74.4 cm³/mol. The fourth-order valence-electron chi connectivity index (χ4n) is 1.99. The highest BCUT2D eigenvalue weighted by molar-refractivity contribution is 5.57. The summed E-state index contributed by atoms with van der Waals surface area (Å²) < 4.78 is 0. The zero-order chi connectivity index (χ0) is 12.8. The van der Waals surface area contributed by atoms with Crippen LogP contribution in [-0.2, 0) is 6.42 Å². The van der Waals surface area contributed by atoms with Crippen LogP contribution in [0.4, 0.5) is 5.69 Å². The highest BCUT2D eigenvalue weighted by Gasteiger charge is 2.06. The summed E-state index contributed by atoms with van der Waals surface area (Å²) in [6, 6.07) is 20.4. The molecule has 0 saturated heterocycles. The quantitative estimate of drug-likeness (QED) is 0.880. The lowest BCUT2D eigenvalue weighted by atomic mass is 10.1. The van der Waals surface area contributed by atoms with E-state index in [1.165, 1.54) is 5.56 Å². The van der Waals surface area contributed by atoms with Gasteiger partial charge in [0.2, 0.25) is 0 Å². The number of hydrogen-bond donors (Lipinski definition) is 1. The maximum atomic E-state index is 9.03. The maximum absolute atomic E-state index is 9.03. The standard InChI is InChI=1S/C16H16N2/c1-13(11-14-7-3-2-4-8-14)18-16-10-6-5-9-15(16)12-17/h2-10,13,18H,11H2,1H3. The topological polar surface area (TPSA) is 35.8 Å². The minimum atomic E-state index is 0.293. The van der Waals surface area contributed by atoms with Gasteiger partial charge in [0.05, 0.1) is 11.3 Å². The summed E-state index contributed by atoms with van der Waals surface area (Å²) in [5.74, 6) is 0. The van der Waals surface area contributed by atoms with Crippen LogP contribution in [0, 0.1) is 11.3 Å². The molecular weight excluding hydrogens is 220 g/mol. The fourth-order valence-corrected chi connectivity index (χ4v) is 1.99. The Balaban J connectivity index is 2.04. The Bertz CT molecular complexity index is 541. The lowest BCUT2D eigenvalue weighted by molar-refractivity contribution is 0.790. The predicted octanol–water partition coefficient (Wildman–Crippen LogP) is 3.60. The van der Waals surface area contributed by atoms with Crippen LogP contribution in [-0.4, -0.2) is 6.04 Å². The van der Waals surface area contributed by atoms with E-state index in [4.69, 9.17) is 5.26 Å². The maximum Gasteiger partial charge on any atom is 0.101 e. The second-order valence-corrected chi connectivity index (χ2v) is 4.39. The van der Waals surface area contributed by atoms with Crippen molar-refractivity contribution < 1.29 is 0 Å². The molecule has 18 heavy (non-hydrogen) atoms. The van der Waals surface area contributed by atoms with Crippen LogP contribution in [0.25, 0.3) is 0 Å². The number of benzene rings is 2. The van der Waals surface area contributed by atoms with Crippen molar-refractivity contribution in [3.63, 3.8) is 0 Å². The van der Waals surface area contributed by atoms with Crippen molar-refractivity contribution in [2.45, 2.75) is 19.4 Å². The van der Waals surface area contributed by atoms with Crippen LogP contribution in [0.15, 0.2) is 54.6 Å². The van der Waals surface area contributed by atoms with E-state index in [2.05, 4.69) is 30.4 Å². The highest BCUT2D eigenvalue weighted by atomic mass is 14.9. The lowest BCUT2D eigenvalue weighted by Crippen LogP contribution is -2.18. The smallest absolute Gasteiger partial charge is 0.101 e. The van der Waals surface area contributed by atoms with E-state index < -0.39 is 0 Å². The summed E-state index contributed by atoms with van der Waals surface area (Å²) in [5, 5.41) is 12.4. The molecule has 0 spiro atoms. The van der Waals surface area contributed by atoms with E-state index in [0.717, 1.165) is 12.1 Å². The van der Waals surface area contributed by atoms with Crippen molar-refractivity contribution in [1.29, 1.82) is 5.26 Å². The molecule has 2 heteroatoms. The third-order valence-corrected chi connectivity index (χ3v) is 2.83. The molecule has 0 aromatic heterocycles. The molecule has 2 aromatic rings. The Labute approximate surface area is 108 Å². The average Bonchev–Trinajstić information content (AvgIpc) is 2.40.